The fraction of sp³-hybridized carbons (Fsp3) is 0.286. The summed E-state index contributed by atoms with van der Waals surface area (Å²) in [6.07, 6.45) is 0.680. The number of aryl methyl sites for hydroxylation is 1. The van der Waals surface area contributed by atoms with Crippen molar-refractivity contribution in [1.29, 1.82) is 0 Å². The number of benzene rings is 3. The SMILES string of the molecule is CCCNC(=O)C(C)N(Cc1ccccc1F)C(=O)CN(c1ccc(Cl)c(Cl)c1)S(=O)(=O)c1ccc(C)cc1. The van der Waals surface area contributed by atoms with Gasteiger partial charge in [0.2, 0.25) is 11.8 Å². The predicted molar refractivity (Wildman–Crippen MR) is 152 cm³/mol. The average Bonchev–Trinajstić information content (AvgIpc) is 2.91. The number of hydrogen-bond donors (Lipinski definition) is 1. The topological polar surface area (TPSA) is 86.8 Å². The number of carbonyl (C=O) groups excluding carboxylic acids is 2. The van der Waals surface area contributed by atoms with Gasteiger partial charge in [0, 0.05) is 18.7 Å². The minimum absolute atomic E-state index is 0.0404. The van der Waals surface area contributed by atoms with E-state index in [-0.39, 0.29) is 32.7 Å². The van der Waals surface area contributed by atoms with Gasteiger partial charge < -0.3 is 10.2 Å². The van der Waals surface area contributed by atoms with Crippen LogP contribution in [0.2, 0.25) is 10.0 Å². The molecular formula is C28H30Cl2FN3O4S. The highest BCUT2D eigenvalue weighted by molar-refractivity contribution is 7.92. The molecule has 3 aromatic rings. The van der Waals surface area contributed by atoms with E-state index in [1.807, 2.05) is 13.8 Å². The highest BCUT2D eigenvalue weighted by atomic mass is 35.5. The molecular weight excluding hydrogens is 564 g/mol. The summed E-state index contributed by atoms with van der Waals surface area (Å²) in [6, 6.07) is 15.3. The summed E-state index contributed by atoms with van der Waals surface area (Å²) in [5.74, 6) is -1.70. The van der Waals surface area contributed by atoms with Crippen molar-refractivity contribution in [3.63, 3.8) is 0 Å². The lowest BCUT2D eigenvalue weighted by atomic mass is 10.1. The van der Waals surface area contributed by atoms with Gasteiger partial charge in [-0.15, -0.1) is 0 Å². The van der Waals surface area contributed by atoms with Gasteiger partial charge in [-0.2, -0.15) is 0 Å². The number of hydrogen-bond acceptors (Lipinski definition) is 4. The van der Waals surface area contributed by atoms with Gasteiger partial charge in [0.05, 0.1) is 20.6 Å². The molecule has 7 nitrogen and oxygen atoms in total. The van der Waals surface area contributed by atoms with Crippen LogP contribution in [0, 0.1) is 12.7 Å². The van der Waals surface area contributed by atoms with E-state index in [1.54, 1.807) is 18.2 Å². The van der Waals surface area contributed by atoms with Gasteiger partial charge in [-0.1, -0.05) is 66.0 Å². The van der Waals surface area contributed by atoms with E-state index in [0.29, 0.717) is 13.0 Å². The Morgan fingerprint density at radius 1 is 1.00 bits per heavy atom. The van der Waals surface area contributed by atoms with Crippen LogP contribution in [-0.4, -0.2) is 44.3 Å². The summed E-state index contributed by atoms with van der Waals surface area (Å²) in [6.45, 7) is 4.70. The maximum Gasteiger partial charge on any atom is 0.264 e. The second-order valence-corrected chi connectivity index (χ2v) is 11.7. The van der Waals surface area contributed by atoms with Gasteiger partial charge in [-0.25, -0.2) is 12.8 Å². The lowest BCUT2D eigenvalue weighted by molar-refractivity contribution is -0.139. The second-order valence-electron chi connectivity index (χ2n) is 9.00. The zero-order valence-electron chi connectivity index (χ0n) is 21.8. The van der Waals surface area contributed by atoms with Gasteiger partial charge in [0.15, 0.2) is 0 Å². The Labute approximate surface area is 238 Å². The Bertz CT molecular complexity index is 1430. The lowest BCUT2D eigenvalue weighted by Gasteiger charge is -2.32. The van der Waals surface area contributed by atoms with E-state index in [4.69, 9.17) is 23.2 Å². The third kappa shape index (κ3) is 7.50. The molecule has 1 unspecified atom stereocenters. The number of halogens is 3. The summed E-state index contributed by atoms with van der Waals surface area (Å²) in [7, 11) is -4.26. The summed E-state index contributed by atoms with van der Waals surface area (Å²) < 4.78 is 43.1. The first-order chi connectivity index (χ1) is 18.4. The quantitative estimate of drug-likeness (QED) is 0.314. The Kier molecular flexibility index (Phi) is 10.4. The first-order valence-electron chi connectivity index (χ1n) is 12.3. The molecule has 0 bridgehead atoms. The van der Waals surface area contributed by atoms with Gasteiger partial charge in [-0.05, 0) is 56.7 Å². The van der Waals surface area contributed by atoms with Crippen molar-refractivity contribution >= 4 is 50.7 Å². The van der Waals surface area contributed by atoms with E-state index in [0.717, 1.165) is 9.87 Å². The standard InChI is InChI=1S/C28H30Cl2FN3O4S/c1-4-15-32-28(36)20(3)33(17-21-7-5-6-8-26(21)31)27(35)18-34(22-11-14-24(29)25(30)16-22)39(37,38)23-12-9-19(2)10-13-23/h5-14,16,20H,4,15,17-18H2,1-3H3,(H,32,36). The zero-order chi connectivity index (χ0) is 28.7. The van der Waals surface area contributed by atoms with Crippen LogP contribution in [0.3, 0.4) is 0 Å². The fourth-order valence-corrected chi connectivity index (χ4v) is 5.49. The van der Waals surface area contributed by atoms with Crippen LogP contribution in [0.25, 0.3) is 0 Å². The monoisotopic (exact) mass is 593 g/mol. The number of nitrogens with one attached hydrogen (secondary N) is 1. The van der Waals surface area contributed by atoms with Crippen molar-refractivity contribution in [2.75, 3.05) is 17.4 Å². The molecule has 2 amide bonds. The first-order valence-corrected chi connectivity index (χ1v) is 14.5. The van der Waals surface area contributed by atoms with Gasteiger partial charge >= 0.3 is 0 Å². The van der Waals surface area contributed by atoms with Gasteiger partial charge in [-0.3, -0.25) is 13.9 Å². The molecule has 208 valence electrons. The largest absolute Gasteiger partial charge is 0.354 e. The smallest absolute Gasteiger partial charge is 0.264 e. The lowest BCUT2D eigenvalue weighted by Crippen LogP contribution is -2.51. The fourth-order valence-electron chi connectivity index (χ4n) is 3.80. The molecule has 1 N–H and O–H groups in total. The Morgan fingerprint density at radius 2 is 1.67 bits per heavy atom. The molecule has 3 rings (SSSR count). The molecule has 0 heterocycles. The number of anilines is 1. The molecule has 0 saturated carbocycles. The van der Waals surface area contributed by atoms with E-state index in [2.05, 4.69) is 5.32 Å². The maximum absolute atomic E-state index is 14.6. The minimum atomic E-state index is -4.26. The zero-order valence-corrected chi connectivity index (χ0v) is 24.2. The van der Waals surface area contributed by atoms with E-state index >= 15 is 0 Å². The summed E-state index contributed by atoms with van der Waals surface area (Å²) >= 11 is 12.3. The number of rotatable bonds is 11. The second kappa shape index (κ2) is 13.3. The first kappa shape index (κ1) is 30.4. The summed E-state index contributed by atoms with van der Waals surface area (Å²) in [5, 5.41) is 3.05. The van der Waals surface area contributed by atoms with Crippen molar-refractivity contribution in [2.45, 2.75) is 44.7 Å². The molecule has 0 aliphatic heterocycles. The maximum atomic E-state index is 14.6. The van der Waals surface area contributed by atoms with Crippen molar-refractivity contribution in [1.82, 2.24) is 10.2 Å². The number of carbonyl (C=O) groups is 2. The molecule has 0 saturated heterocycles. The van der Waals surface area contributed by atoms with E-state index in [1.165, 1.54) is 60.4 Å². The predicted octanol–water partition coefficient (Wildman–Crippen LogP) is 5.58. The normalized spacial score (nSPS) is 12.1. The van der Waals surface area contributed by atoms with Crippen molar-refractivity contribution in [3.05, 3.63) is 93.7 Å². The average molecular weight is 595 g/mol. The van der Waals surface area contributed by atoms with Crippen molar-refractivity contribution < 1.29 is 22.4 Å². The van der Waals surface area contributed by atoms with Gasteiger partial charge in [0.25, 0.3) is 10.0 Å². The molecule has 0 aliphatic carbocycles. The van der Waals surface area contributed by atoms with E-state index in [9.17, 15) is 22.4 Å². The van der Waals surface area contributed by atoms with Gasteiger partial charge in [0.1, 0.15) is 18.4 Å². The minimum Gasteiger partial charge on any atom is -0.354 e. The highest BCUT2D eigenvalue weighted by Gasteiger charge is 2.33. The van der Waals surface area contributed by atoms with Crippen LogP contribution in [-0.2, 0) is 26.2 Å². The highest BCUT2D eigenvalue weighted by Crippen LogP contribution is 2.31. The molecule has 39 heavy (non-hydrogen) atoms. The van der Waals surface area contributed by atoms with Crippen LogP contribution in [0.15, 0.2) is 71.6 Å². The molecule has 0 radical (unpaired) electrons. The third-order valence-corrected chi connectivity index (χ3v) is 8.62. The van der Waals surface area contributed by atoms with Crippen LogP contribution in [0.4, 0.5) is 10.1 Å². The van der Waals surface area contributed by atoms with Crippen molar-refractivity contribution in [2.24, 2.45) is 0 Å². The van der Waals surface area contributed by atoms with Crippen LogP contribution in [0.5, 0.6) is 0 Å². The summed E-state index contributed by atoms with van der Waals surface area (Å²) in [5.41, 5.74) is 1.14. The van der Waals surface area contributed by atoms with Crippen LogP contribution >= 0.6 is 23.2 Å². The number of amides is 2. The van der Waals surface area contributed by atoms with Crippen LogP contribution in [0.1, 0.15) is 31.4 Å². The molecule has 0 fully saturated rings. The molecule has 1 atom stereocenters. The molecule has 0 spiro atoms. The third-order valence-electron chi connectivity index (χ3n) is 6.09. The molecule has 0 aliphatic rings. The number of nitrogens with zero attached hydrogens (tertiary/aromatic N) is 2. The number of sulfonamides is 1. The molecule has 0 aromatic heterocycles. The Morgan fingerprint density at radius 3 is 2.28 bits per heavy atom. The Hall–Kier alpha value is -3.14. The van der Waals surface area contributed by atoms with Crippen LogP contribution < -0.4 is 9.62 Å². The molecule has 3 aromatic carbocycles. The molecule has 11 heteroatoms. The summed E-state index contributed by atoms with van der Waals surface area (Å²) in [4.78, 5) is 27.8. The van der Waals surface area contributed by atoms with E-state index < -0.39 is 40.2 Å². The van der Waals surface area contributed by atoms with Crippen molar-refractivity contribution in [3.8, 4) is 0 Å². The Balaban J connectivity index is 2.05.